The lowest BCUT2D eigenvalue weighted by molar-refractivity contribution is -0.384. The van der Waals surface area contributed by atoms with Crippen molar-refractivity contribution in [2.24, 2.45) is 0 Å². The number of hydrogen-bond donors (Lipinski definition) is 1. The molecule has 0 atom stereocenters. The van der Waals surface area contributed by atoms with Crippen molar-refractivity contribution in [3.8, 4) is 17.2 Å². The molecule has 0 aliphatic heterocycles. The van der Waals surface area contributed by atoms with Gasteiger partial charge in [0.2, 0.25) is 0 Å². The Morgan fingerprint density at radius 3 is 2.40 bits per heavy atom. The summed E-state index contributed by atoms with van der Waals surface area (Å²) in [6.45, 7) is -0.236. The van der Waals surface area contributed by atoms with E-state index in [0.29, 0.717) is 20.4 Å². The van der Waals surface area contributed by atoms with E-state index in [0.717, 1.165) is 0 Å². The molecule has 0 unspecified atom stereocenters. The van der Waals surface area contributed by atoms with E-state index in [-0.39, 0.29) is 23.7 Å². The minimum atomic E-state index is -0.587. The minimum absolute atomic E-state index is 0.0436. The number of esters is 1. The fourth-order valence-electron chi connectivity index (χ4n) is 1.78. The van der Waals surface area contributed by atoms with Gasteiger partial charge < -0.3 is 19.9 Å². The molecule has 8 nitrogen and oxygen atoms in total. The van der Waals surface area contributed by atoms with E-state index in [1.165, 1.54) is 25.3 Å². The molecule has 0 radical (unpaired) electrons. The van der Waals surface area contributed by atoms with Crippen molar-refractivity contribution in [1.82, 2.24) is 0 Å². The van der Waals surface area contributed by atoms with Crippen LogP contribution in [0, 0.1) is 10.1 Å². The van der Waals surface area contributed by atoms with Crippen LogP contribution in [-0.2, 0) is 9.53 Å². The van der Waals surface area contributed by atoms with Crippen LogP contribution in [0.3, 0.4) is 0 Å². The van der Waals surface area contributed by atoms with Crippen molar-refractivity contribution in [3.63, 3.8) is 0 Å². The van der Waals surface area contributed by atoms with Crippen molar-refractivity contribution >= 4 is 49.2 Å². The van der Waals surface area contributed by atoms with Crippen LogP contribution in [0.4, 0.5) is 11.4 Å². The van der Waals surface area contributed by atoms with Crippen molar-refractivity contribution < 1.29 is 23.9 Å². The summed E-state index contributed by atoms with van der Waals surface area (Å²) in [6, 6.07) is 7.32. The Labute approximate surface area is 159 Å². The predicted octanol–water partition coefficient (Wildman–Crippen LogP) is 4.05. The average Bonchev–Trinajstić information content (AvgIpc) is 2.57. The van der Waals surface area contributed by atoms with Crippen LogP contribution in [0.2, 0.25) is 0 Å². The standard InChI is InChI=1S/C15H12Br2N2O6/c1-23-14(20)7-24-9-4-10(16)15(11(17)5-9)25-8-2-3-12(18)13(6-8)19(21)22/h2-6H,7,18H2,1H3. The maximum Gasteiger partial charge on any atom is 0.343 e. The van der Waals surface area contributed by atoms with Crippen LogP contribution in [0.1, 0.15) is 0 Å². The van der Waals surface area contributed by atoms with Gasteiger partial charge in [0.05, 0.1) is 27.0 Å². The van der Waals surface area contributed by atoms with E-state index in [2.05, 4.69) is 36.6 Å². The fourth-order valence-corrected chi connectivity index (χ4v) is 3.09. The van der Waals surface area contributed by atoms with Gasteiger partial charge in [-0.25, -0.2) is 4.79 Å². The number of carbonyl (C=O) groups excluding carboxylic acids is 1. The number of benzene rings is 2. The Balaban J connectivity index is 2.24. The Bertz CT molecular complexity index is 805. The summed E-state index contributed by atoms with van der Waals surface area (Å²) in [6.07, 6.45) is 0. The number of nitrogens with zero attached hydrogens (tertiary/aromatic N) is 1. The highest BCUT2D eigenvalue weighted by Crippen LogP contribution is 2.41. The molecule has 0 aliphatic rings. The van der Waals surface area contributed by atoms with E-state index in [1.807, 2.05) is 0 Å². The van der Waals surface area contributed by atoms with Crippen molar-refractivity contribution in [3.05, 3.63) is 49.4 Å². The largest absolute Gasteiger partial charge is 0.482 e. The fraction of sp³-hybridized carbons (Fsp3) is 0.133. The molecule has 2 N–H and O–H groups in total. The molecule has 2 rings (SSSR count). The molecule has 0 amide bonds. The molecule has 0 fully saturated rings. The molecule has 132 valence electrons. The third kappa shape index (κ3) is 4.83. The summed E-state index contributed by atoms with van der Waals surface area (Å²) >= 11 is 6.66. The summed E-state index contributed by atoms with van der Waals surface area (Å²) in [5.41, 5.74) is 5.36. The Morgan fingerprint density at radius 1 is 1.20 bits per heavy atom. The molecule has 0 spiro atoms. The van der Waals surface area contributed by atoms with Crippen molar-refractivity contribution in [2.75, 3.05) is 19.5 Å². The Hall–Kier alpha value is -2.33. The highest BCUT2D eigenvalue weighted by molar-refractivity contribution is 9.11. The number of nitrogens with two attached hydrogens (primary N) is 1. The lowest BCUT2D eigenvalue weighted by Gasteiger charge is -2.12. The number of hydrogen-bond acceptors (Lipinski definition) is 7. The van der Waals surface area contributed by atoms with Crippen LogP contribution < -0.4 is 15.2 Å². The molecule has 2 aromatic carbocycles. The molecular formula is C15H12Br2N2O6. The summed E-state index contributed by atoms with van der Waals surface area (Å²) in [7, 11) is 1.26. The van der Waals surface area contributed by atoms with Gasteiger partial charge in [-0.1, -0.05) is 0 Å². The molecule has 25 heavy (non-hydrogen) atoms. The van der Waals surface area contributed by atoms with Crippen LogP contribution in [-0.4, -0.2) is 24.6 Å². The number of ether oxygens (including phenoxy) is 3. The van der Waals surface area contributed by atoms with Gasteiger partial charge in [0.15, 0.2) is 12.4 Å². The summed E-state index contributed by atoms with van der Waals surface area (Å²) in [5.74, 6) is 0.511. The maximum atomic E-state index is 11.1. The van der Waals surface area contributed by atoms with E-state index >= 15 is 0 Å². The number of carbonyl (C=O) groups is 1. The van der Waals surface area contributed by atoms with Gasteiger partial charge in [-0.3, -0.25) is 10.1 Å². The first-order valence-electron chi connectivity index (χ1n) is 6.72. The van der Waals surface area contributed by atoms with E-state index in [4.69, 9.17) is 15.2 Å². The smallest absolute Gasteiger partial charge is 0.343 e. The van der Waals surface area contributed by atoms with Gasteiger partial charge in [0.1, 0.15) is 17.2 Å². The predicted molar refractivity (Wildman–Crippen MR) is 96.9 cm³/mol. The first kappa shape index (κ1) is 19.0. The molecule has 0 saturated carbocycles. The zero-order chi connectivity index (χ0) is 18.6. The van der Waals surface area contributed by atoms with Gasteiger partial charge >= 0.3 is 5.97 Å². The minimum Gasteiger partial charge on any atom is -0.482 e. The van der Waals surface area contributed by atoms with Crippen LogP contribution in [0.25, 0.3) is 0 Å². The highest BCUT2D eigenvalue weighted by Gasteiger charge is 2.16. The number of methoxy groups -OCH3 is 1. The van der Waals surface area contributed by atoms with Crippen molar-refractivity contribution in [2.45, 2.75) is 0 Å². The summed E-state index contributed by atoms with van der Waals surface area (Å²) in [5, 5.41) is 11.0. The SMILES string of the molecule is COC(=O)COc1cc(Br)c(Oc2ccc(N)c([N+](=O)[O-])c2)c(Br)c1. The first-order chi connectivity index (χ1) is 11.8. The highest BCUT2D eigenvalue weighted by atomic mass is 79.9. The second-order valence-electron chi connectivity index (χ2n) is 4.66. The quantitative estimate of drug-likeness (QED) is 0.290. The van der Waals surface area contributed by atoms with Gasteiger partial charge in [0.25, 0.3) is 5.69 Å². The third-order valence-corrected chi connectivity index (χ3v) is 4.15. The van der Waals surface area contributed by atoms with Gasteiger partial charge in [-0.2, -0.15) is 0 Å². The Morgan fingerprint density at radius 2 is 1.84 bits per heavy atom. The number of anilines is 1. The molecule has 0 aromatic heterocycles. The number of rotatable bonds is 6. The number of nitrogen functional groups attached to an aromatic ring is 1. The van der Waals surface area contributed by atoms with Gasteiger partial charge in [0, 0.05) is 0 Å². The topological polar surface area (TPSA) is 114 Å². The first-order valence-corrected chi connectivity index (χ1v) is 8.31. The van der Waals surface area contributed by atoms with Crippen LogP contribution in [0.15, 0.2) is 39.3 Å². The Kier molecular flexibility index (Phi) is 6.21. The van der Waals surface area contributed by atoms with Crippen LogP contribution >= 0.6 is 31.9 Å². The molecule has 0 bridgehead atoms. The molecule has 0 heterocycles. The maximum absolute atomic E-state index is 11.1. The number of halogens is 2. The summed E-state index contributed by atoms with van der Waals surface area (Å²) in [4.78, 5) is 21.5. The molecule has 0 saturated heterocycles. The van der Waals surface area contributed by atoms with Crippen LogP contribution in [0.5, 0.6) is 17.2 Å². The lowest BCUT2D eigenvalue weighted by Crippen LogP contribution is -2.12. The molecular weight excluding hydrogens is 464 g/mol. The molecule has 0 aliphatic carbocycles. The monoisotopic (exact) mass is 474 g/mol. The summed E-state index contributed by atoms with van der Waals surface area (Å²) < 4.78 is 16.5. The lowest BCUT2D eigenvalue weighted by atomic mass is 10.2. The van der Waals surface area contributed by atoms with E-state index in [1.54, 1.807) is 12.1 Å². The zero-order valence-electron chi connectivity index (χ0n) is 12.8. The number of nitro benzene ring substituents is 1. The normalized spacial score (nSPS) is 10.2. The van der Waals surface area contributed by atoms with Crippen molar-refractivity contribution in [1.29, 1.82) is 0 Å². The van der Waals surface area contributed by atoms with Gasteiger partial charge in [-0.15, -0.1) is 0 Å². The molecule has 10 heteroatoms. The molecule has 2 aromatic rings. The van der Waals surface area contributed by atoms with E-state index < -0.39 is 10.9 Å². The number of nitro groups is 1. The third-order valence-electron chi connectivity index (χ3n) is 2.97. The van der Waals surface area contributed by atoms with E-state index in [9.17, 15) is 14.9 Å². The van der Waals surface area contributed by atoms with Gasteiger partial charge in [-0.05, 0) is 56.1 Å². The second-order valence-corrected chi connectivity index (χ2v) is 6.37. The average molecular weight is 476 g/mol. The zero-order valence-corrected chi connectivity index (χ0v) is 16.0. The second kappa shape index (κ2) is 8.17.